The van der Waals surface area contributed by atoms with E-state index in [9.17, 15) is 26.4 Å². The van der Waals surface area contributed by atoms with Crippen LogP contribution in [-0.2, 0) is 20.8 Å². The number of benzene rings is 1. The zero-order valence-electron chi connectivity index (χ0n) is 14.2. The van der Waals surface area contributed by atoms with Crippen LogP contribution in [0, 0.1) is 5.92 Å². The lowest BCUT2D eigenvalue weighted by atomic mass is 10.0. The lowest BCUT2D eigenvalue weighted by Crippen LogP contribution is -2.49. The number of piperazine rings is 1. The molecule has 3 rings (SSSR count). The Morgan fingerprint density at radius 1 is 1.15 bits per heavy atom. The van der Waals surface area contributed by atoms with Crippen LogP contribution in [0.3, 0.4) is 0 Å². The third kappa shape index (κ3) is 4.49. The van der Waals surface area contributed by atoms with Crippen LogP contribution in [0.25, 0.3) is 0 Å². The summed E-state index contributed by atoms with van der Waals surface area (Å²) in [7, 11) is -3.00. The molecule has 0 spiro atoms. The number of carbonyl (C=O) groups excluding carboxylic acids is 1. The predicted molar refractivity (Wildman–Crippen MR) is 91.6 cm³/mol. The van der Waals surface area contributed by atoms with Crippen molar-refractivity contribution in [3.8, 4) is 0 Å². The van der Waals surface area contributed by atoms with E-state index in [1.54, 1.807) is 11.0 Å². The molecule has 5 nitrogen and oxygen atoms in total. The fraction of sp³-hybridized carbons (Fsp3) is 0.588. The number of amides is 1. The van der Waals surface area contributed by atoms with Gasteiger partial charge in [-0.1, -0.05) is 6.07 Å². The molecular weight excluding hydrogens is 369 g/mol. The van der Waals surface area contributed by atoms with E-state index in [-0.39, 0.29) is 29.8 Å². The average Bonchev–Trinajstić information content (AvgIpc) is 2.93. The minimum absolute atomic E-state index is 0.0724. The fourth-order valence-corrected chi connectivity index (χ4v) is 5.36. The predicted octanol–water partition coefficient (Wildman–Crippen LogP) is 2.18. The van der Waals surface area contributed by atoms with Gasteiger partial charge in [0.15, 0.2) is 9.84 Å². The molecule has 2 heterocycles. The van der Waals surface area contributed by atoms with Crippen molar-refractivity contribution in [3.63, 3.8) is 0 Å². The largest absolute Gasteiger partial charge is 0.416 e. The molecule has 1 atom stereocenters. The average molecular weight is 390 g/mol. The summed E-state index contributed by atoms with van der Waals surface area (Å²) in [6, 6.07) is 5.19. The summed E-state index contributed by atoms with van der Waals surface area (Å²) < 4.78 is 61.5. The van der Waals surface area contributed by atoms with Gasteiger partial charge in [-0.3, -0.25) is 4.79 Å². The normalized spacial score (nSPS) is 23.3. The minimum atomic E-state index is -4.38. The molecule has 2 fully saturated rings. The number of carbonyl (C=O) groups is 1. The van der Waals surface area contributed by atoms with Crippen LogP contribution in [0.2, 0.25) is 0 Å². The molecule has 1 aromatic carbocycles. The summed E-state index contributed by atoms with van der Waals surface area (Å²) in [5.74, 6) is 0.0294. The second kappa shape index (κ2) is 7.09. The smallest absolute Gasteiger partial charge is 0.368 e. The third-order valence-electron chi connectivity index (χ3n) is 4.96. The Kier molecular flexibility index (Phi) is 5.18. The minimum Gasteiger partial charge on any atom is -0.368 e. The SMILES string of the molecule is O=C(C[C@@H]1CCS(=O)(=O)C1)N1CCN(c2cccc(C(F)(F)F)c2)CC1. The lowest BCUT2D eigenvalue weighted by Gasteiger charge is -2.36. The van der Waals surface area contributed by atoms with E-state index in [0.29, 0.717) is 38.3 Å². The first-order valence-electron chi connectivity index (χ1n) is 8.54. The van der Waals surface area contributed by atoms with Gasteiger partial charge in [0.05, 0.1) is 17.1 Å². The molecule has 0 bridgehead atoms. The van der Waals surface area contributed by atoms with Crippen LogP contribution >= 0.6 is 0 Å². The second-order valence-electron chi connectivity index (χ2n) is 6.89. The van der Waals surface area contributed by atoms with E-state index in [2.05, 4.69) is 0 Å². The quantitative estimate of drug-likeness (QED) is 0.794. The lowest BCUT2D eigenvalue weighted by molar-refractivity contribution is -0.137. The van der Waals surface area contributed by atoms with Gasteiger partial charge >= 0.3 is 6.18 Å². The second-order valence-corrected chi connectivity index (χ2v) is 9.12. The molecule has 0 saturated carbocycles. The zero-order chi connectivity index (χ0) is 18.9. The Labute approximate surface area is 150 Å². The van der Waals surface area contributed by atoms with Crippen molar-refractivity contribution in [2.45, 2.75) is 19.0 Å². The van der Waals surface area contributed by atoms with E-state index < -0.39 is 21.6 Å². The van der Waals surface area contributed by atoms with Gasteiger partial charge in [0, 0.05) is 38.3 Å². The van der Waals surface area contributed by atoms with Gasteiger partial charge in [0.25, 0.3) is 0 Å². The van der Waals surface area contributed by atoms with Gasteiger partial charge in [-0.2, -0.15) is 13.2 Å². The number of alkyl halides is 3. The molecule has 0 aromatic heterocycles. The van der Waals surface area contributed by atoms with Crippen molar-refractivity contribution in [2.75, 3.05) is 42.6 Å². The Morgan fingerprint density at radius 3 is 2.42 bits per heavy atom. The molecule has 0 N–H and O–H groups in total. The standard InChI is InChI=1S/C17H21F3N2O3S/c18-17(19,20)14-2-1-3-15(11-14)21-5-7-22(8-6-21)16(23)10-13-4-9-26(24,25)12-13/h1-3,11,13H,4-10,12H2/t13-/m0/s1. The Hall–Kier alpha value is -1.77. The van der Waals surface area contributed by atoms with Gasteiger partial charge in [-0.15, -0.1) is 0 Å². The molecule has 1 aromatic rings. The highest BCUT2D eigenvalue weighted by Crippen LogP contribution is 2.32. The molecule has 0 radical (unpaired) electrons. The van der Waals surface area contributed by atoms with Crippen molar-refractivity contribution >= 4 is 21.4 Å². The summed E-state index contributed by atoms with van der Waals surface area (Å²) in [4.78, 5) is 15.9. The Morgan fingerprint density at radius 2 is 1.85 bits per heavy atom. The number of rotatable bonds is 3. The van der Waals surface area contributed by atoms with Crippen molar-refractivity contribution in [1.29, 1.82) is 0 Å². The van der Waals surface area contributed by atoms with Crippen molar-refractivity contribution in [3.05, 3.63) is 29.8 Å². The molecule has 2 aliphatic rings. The number of hydrogen-bond acceptors (Lipinski definition) is 4. The van der Waals surface area contributed by atoms with Crippen LogP contribution in [-0.4, -0.2) is 56.9 Å². The van der Waals surface area contributed by atoms with E-state index in [1.807, 2.05) is 4.90 Å². The third-order valence-corrected chi connectivity index (χ3v) is 6.80. The summed E-state index contributed by atoms with van der Waals surface area (Å²) in [6.07, 6.45) is -3.63. The van der Waals surface area contributed by atoms with E-state index >= 15 is 0 Å². The molecule has 0 aliphatic carbocycles. The molecule has 1 amide bonds. The first-order chi connectivity index (χ1) is 12.1. The highest BCUT2D eigenvalue weighted by molar-refractivity contribution is 7.91. The molecular formula is C17H21F3N2O3S. The maximum atomic E-state index is 12.8. The summed E-state index contributed by atoms with van der Waals surface area (Å²) in [6.45, 7) is 1.76. The molecule has 26 heavy (non-hydrogen) atoms. The number of nitrogens with zero attached hydrogens (tertiary/aromatic N) is 2. The number of anilines is 1. The summed E-state index contributed by atoms with van der Waals surface area (Å²) in [5, 5.41) is 0. The topological polar surface area (TPSA) is 57.7 Å². The summed E-state index contributed by atoms with van der Waals surface area (Å²) in [5.41, 5.74) is -0.190. The monoisotopic (exact) mass is 390 g/mol. The van der Waals surface area contributed by atoms with Gasteiger partial charge in [0.1, 0.15) is 0 Å². The van der Waals surface area contributed by atoms with Crippen LogP contribution in [0.1, 0.15) is 18.4 Å². The van der Waals surface area contributed by atoms with Crippen LogP contribution < -0.4 is 4.90 Å². The highest BCUT2D eigenvalue weighted by atomic mass is 32.2. The molecule has 144 valence electrons. The first kappa shape index (κ1) is 19.0. The van der Waals surface area contributed by atoms with Gasteiger partial charge in [-0.25, -0.2) is 8.42 Å². The number of hydrogen-bond donors (Lipinski definition) is 0. The van der Waals surface area contributed by atoms with Gasteiger partial charge in [0.2, 0.25) is 5.91 Å². The molecule has 2 aliphatic heterocycles. The van der Waals surface area contributed by atoms with Gasteiger partial charge in [-0.05, 0) is 30.5 Å². The highest BCUT2D eigenvalue weighted by Gasteiger charge is 2.33. The maximum Gasteiger partial charge on any atom is 0.416 e. The van der Waals surface area contributed by atoms with Crippen molar-refractivity contribution in [2.24, 2.45) is 5.92 Å². The van der Waals surface area contributed by atoms with Crippen molar-refractivity contribution in [1.82, 2.24) is 4.90 Å². The fourth-order valence-electron chi connectivity index (χ4n) is 3.50. The van der Waals surface area contributed by atoms with E-state index in [1.165, 1.54) is 6.07 Å². The van der Waals surface area contributed by atoms with Crippen LogP contribution in [0.4, 0.5) is 18.9 Å². The van der Waals surface area contributed by atoms with E-state index in [0.717, 1.165) is 12.1 Å². The summed E-state index contributed by atoms with van der Waals surface area (Å²) >= 11 is 0. The Balaban J connectivity index is 1.55. The van der Waals surface area contributed by atoms with Crippen LogP contribution in [0.15, 0.2) is 24.3 Å². The Bertz CT molecular complexity index is 772. The van der Waals surface area contributed by atoms with Crippen LogP contribution in [0.5, 0.6) is 0 Å². The first-order valence-corrected chi connectivity index (χ1v) is 10.4. The van der Waals surface area contributed by atoms with Gasteiger partial charge < -0.3 is 9.80 Å². The van der Waals surface area contributed by atoms with E-state index in [4.69, 9.17) is 0 Å². The maximum absolute atomic E-state index is 12.8. The number of halogens is 3. The zero-order valence-corrected chi connectivity index (χ0v) is 15.0. The number of sulfone groups is 1. The molecule has 2 saturated heterocycles. The van der Waals surface area contributed by atoms with Crippen molar-refractivity contribution < 1.29 is 26.4 Å². The molecule has 0 unspecified atom stereocenters. The molecule has 9 heteroatoms.